The van der Waals surface area contributed by atoms with Gasteiger partial charge in [-0.1, -0.05) is 43.7 Å². The first kappa shape index (κ1) is 13.8. The maximum absolute atomic E-state index is 9.97. The van der Waals surface area contributed by atoms with E-state index in [-0.39, 0.29) is 6.10 Å². The second kappa shape index (κ2) is 6.55. The molecule has 0 fully saturated rings. The fraction of sp³-hybridized carbons (Fsp3) is 0.375. The van der Waals surface area contributed by atoms with Crippen LogP contribution in [0.3, 0.4) is 0 Å². The molecule has 0 aliphatic rings. The van der Waals surface area contributed by atoms with Crippen LogP contribution in [0.5, 0.6) is 5.75 Å². The molecule has 19 heavy (non-hydrogen) atoms. The van der Waals surface area contributed by atoms with Crippen molar-refractivity contribution in [2.75, 3.05) is 6.54 Å². The summed E-state index contributed by atoms with van der Waals surface area (Å²) in [6.45, 7) is 3.17. The highest BCUT2D eigenvalue weighted by Crippen LogP contribution is 2.26. The smallest absolute Gasteiger partial charge is 0.120 e. The molecule has 2 aromatic carbocycles. The summed E-state index contributed by atoms with van der Waals surface area (Å²) in [5, 5.41) is 25.0. The Balaban J connectivity index is 2.09. The van der Waals surface area contributed by atoms with Crippen LogP contribution in [0, 0.1) is 0 Å². The Hall–Kier alpha value is -1.58. The molecule has 1 unspecified atom stereocenters. The molecule has 2 aromatic rings. The number of rotatable bonds is 6. The number of phenolic OH excluding ortho intramolecular Hbond substituents is 1. The van der Waals surface area contributed by atoms with Crippen LogP contribution in [0.2, 0.25) is 0 Å². The average Bonchev–Trinajstić information content (AvgIpc) is 2.41. The van der Waals surface area contributed by atoms with Crippen LogP contribution in [-0.4, -0.2) is 22.9 Å². The fourth-order valence-corrected chi connectivity index (χ4v) is 2.31. The van der Waals surface area contributed by atoms with Gasteiger partial charge in [0.15, 0.2) is 0 Å². The predicted octanol–water partition coefficient (Wildman–Crippen LogP) is 2.80. The third-order valence-corrected chi connectivity index (χ3v) is 3.32. The number of benzene rings is 2. The van der Waals surface area contributed by atoms with Gasteiger partial charge in [-0.15, -0.1) is 0 Å². The van der Waals surface area contributed by atoms with E-state index in [1.54, 1.807) is 6.07 Å². The van der Waals surface area contributed by atoms with Crippen LogP contribution in [0.1, 0.15) is 25.3 Å². The van der Waals surface area contributed by atoms with Crippen LogP contribution in [0.4, 0.5) is 0 Å². The Kier molecular flexibility index (Phi) is 4.77. The van der Waals surface area contributed by atoms with Gasteiger partial charge in [0.05, 0.1) is 6.10 Å². The number of aliphatic hydroxyl groups is 1. The van der Waals surface area contributed by atoms with E-state index in [1.807, 2.05) is 30.3 Å². The van der Waals surface area contributed by atoms with E-state index in [2.05, 4.69) is 12.2 Å². The first-order valence-electron chi connectivity index (χ1n) is 6.80. The van der Waals surface area contributed by atoms with E-state index in [1.165, 1.54) is 0 Å². The molecule has 3 N–H and O–H groups in total. The summed E-state index contributed by atoms with van der Waals surface area (Å²) in [6, 6.07) is 11.6. The summed E-state index contributed by atoms with van der Waals surface area (Å²) >= 11 is 0. The van der Waals surface area contributed by atoms with Gasteiger partial charge in [-0.2, -0.15) is 0 Å². The predicted molar refractivity (Wildman–Crippen MR) is 78.2 cm³/mol. The minimum Gasteiger partial charge on any atom is -0.508 e. The highest BCUT2D eigenvalue weighted by molar-refractivity contribution is 5.87. The SMILES string of the molecule is CCCC(O)CNCc1c(O)ccc2ccccc12. The van der Waals surface area contributed by atoms with Crippen molar-refractivity contribution in [3.63, 3.8) is 0 Å². The molecular weight excluding hydrogens is 238 g/mol. The second-order valence-corrected chi connectivity index (χ2v) is 4.86. The molecule has 3 heteroatoms. The van der Waals surface area contributed by atoms with Crippen LogP contribution in [-0.2, 0) is 6.54 Å². The number of hydrogen-bond donors (Lipinski definition) is 3. The second-order valence-electron chi connectivity index (χ2n) is 4.86. The summed E-state index contributed by atoms with van der Waals surface area (Å²) in [5.41, 5.74) is 0.891. The van der Waals surface area contributed by atoms with Crippen molar-refractivity contribution >= 4 is 10.8 Å². The van der Waals surface area contributed by atoms with Crippen molar-refractivity contribution in [1.82, 2.24) is 5.32 Å². The van der Waals surface area contributed by atoms with Gasteiger partial charge in [0.1, 0.15) is 5.75 Å². The molecule has 0 heterocycles. The van der Waals surface area contributed by atoms with Crippen LogP contribution < -0.4 is 5.32 Å². The van der Waals surface area contributed by atoms with E-state index in [9.17, 15) is 10.2 Å². The van der Waals surface area contributed by atoms with Crippen molar-refractivity contribution in [1.29, 1.82) is 0 Å². The lowest BCUT2D eigenvalue weighted by Gasteiger charge is -2.13. The van der Waals surface area contributed by atoms with Crippen LogP contribution >= 0.6 is 0 Å². The Morgan fingerprint density at radius 3 is 2.74 bits per heavy atom. The first-order valence-corrected chi connectivity index (χ1v) is 6.80. The van der Waals surface area contributed by atoms with Gasteiger partial charge in [-0.25, -0.2) is 0 Å². The maximum atomic E-state index is 9.97. The first-order chi connectivity index (χ1) is 9.22. The molecule has 0 spiro atoms. The molecule has 0 radical (unpaired) electrons. The fourth-order valence-electron chi connectivity index (χ4n) is 2.31. The van der Waals surface area contributed by atoms with E-state index < -0.39 is 0 Å². The Labute approximate surface area is 113 Å². The quantitative estimate of drug-likeness (QED) is 0.747. The van der Waals surface area contributed by atoms with Crippen molar-refractivity contribution < 1.29 is 10.2 Å². The monoisotopic (exact) mass is 259 g/mol. The summed E-state index contributed by atoms with van der Waals surface area (Å²) in [5.74, 6) is 0.302. The molecule has 0 saturated carbocycles. The molecular formula is C16H21NO2. The third kappa shape index (κ3) is 3.46. The van der Waals surface area contributed by atoms with E-state index in [4.69, 9.17) is 0 Å². The van der Waals surface area contributed by atoms with Crippen molar-refractivity contribution in [2.45, 2.75) is 32.4 Å². The Morgan fingerprint density at radius 2 is 1.95 bits per heavy atom. The van der Waals surface area contributed by atoms with E-state index in [0.29, 0.717) is 18.8 Å². The number of fused-ring (bicyclic) bond motifs is 1. The largest absolute Gasteiger partial charge is 0.508 e. The van der Waals surface area contributed by atoms with Gasteiger partial charge in [0.25, 0.3) is 0 Å². The van der Waals surface area contributed by atoms with E-state index >= 15 is 0 Å². The molecule has 102 valence electrons. The number of hydrogen-bond acceptors (Lipinski definition) is 3. The summed E-state index contributed by atoms with van der Waals surface area (Å²) < 4.78 is 0. The number of aliphatic hydroxyl groups excluding tert-OH is 1. The maximum Gasteiger partial charge on any atom is 0.120 e. The standard InChI is InChI=1S/C16H21NO2/c1-2-5-13(18)10-17-11-15-14-7-4-3-6-12(14)8-9-16(15)19/h3-4,6-9,13,17-19H,2,5,10-11H2,1H3. The van der Waals surface area contributed by atoms with Crippen LogP contribution in [0.25, 0.3) is 10.8 Å². The molecule has 0 amide bonds. The molecule has 2 rings (SSSR count). The lowest BCUT2D eigenvalue weighted by molar-refractivity contribution is 0.160. The molecule has 0 saturated heterocycles. The molecule has 0 aromatic heterocycles. The summed E-state index contributed by atoms with van der Waals surface area (Å²) in [6.07, 6.45) is 1.46. The number of phenols is 1. The van der Waals surface area contributed by atoms with Gasteiger partial charge in [-0.05, 0) is 23.3 Å². The summed E-state index contributed by atoms with van der Waals surface area (Å²) in [4.78, 5) is 0. The van der Waals surface area contributed by atoms with Crippen molar-refractivity contribution in [3.05, 3.63) is 42.0 Å². The van der Waals surface area contributed by atoms with Gasteiger partial charge >= 0.3 is 0 Å². The minimum atomic E-state index is -0.317. The zero-order valence-corrected chi connectivity index (χ0v) is 11.3. The Bertz CT molecular complexity index is 539. The third-order valence-electron chi connectivity index (χ3n) is 3.32. The summed E-state index contributed by atoms with van der Waals surface area (Å²) in [7, 11) is 0. The molecule has 3 nitrogen and oxygen atoms in total. The highest BCUT2D eigenvalue weighted by atomic mass is 16.3. The zero-order chi connectivity index (χ0) is 13.7. The molecule has 0 aliphatic heterocycles. The average molecular weight is 259 g/mol. The Morgan fingerprint density at radius 1 is 1.16 bits per heavy atom. The zero-order valence-electron chi connectivity index (χ0n) is 11.3. The molecule has 1 atom stereocenters. The number of nitrogens with one attached hydrogen (secondary N) is 1. The number of aromatic hydroxyl groups is 1. The van der Waals surface area contributed by atoms with Gasteiger partial charge in [0, 0.05) is 18.7 Å². The topological polar surface area (TPSA) is 52.5 Å². The lowest BCUT2D eigenvalue weighted by atomic mass is 10.0. The molecule has 0 bridgehead atoms. The van der Waals surface area contributed by atoms with Gasteiger partial charge < -0.3 is 15.5 Å². The minimum absolute atomic E-state index is 0.302. The van der Waals surface area contributed by atoms with E-state index in [0.717, 1.165) is 29.2 Å². The van der Waals surface area contributed by atoms with Crippen molar-refractivity contribution in [3.8, 4) is 5.75 Å². The molecule has 0 aliphatic carbocycles. The van der Waals surface area contributed by atoms with Crippen molar-refractivity contribution in [2.24, 2.45) is 0 Å². The van der Waals surface area contributed by atoms with Crippen LogP contribution in [0.15, 0.2) is 36.4 Å². The van der Waals surface area contributed by atoms with Gasteiger partial charge in [0.2, 0.25) is 0 Å². The highest BCUT2D eigenvalue weighted by Gasteiger charge is 2.07. The normalized spacial score (nSPS) is 12.7. The lowest BCUT2D eigenvalue weighted by Crippen LogP contribution is -2.26. The van der Waals surface area contributed by atoms with Gasteiger partial charge in [-0.3, -0.25) is 0 Å².